The van der Waals surface area contributed by atoms with Gasteiger partial charge < -0.3 is 0 Å². The fourth-order valence-electron chi connectivity index (χ4n) is 7.88. The molecule has 2 aliphatic carbocycles. The van der Waals surface area contributed by atoms with Crippen molar-refractivity contribution in [1.82, 2.24) is 9.97 Å². The molecule has 0 saturated carbocycles. The van der Waals surface area contributed by atoms with Crippen molar-refractivity contribution in [2.75, 3.05) is 0 Å². The van der Waals surface area contributed by atoms with Gasteiger partial charge in [-0.3, -0.25) is 0 Å². The van der Waals surface area contributed by atoms with Crippen LogP contribution < -0.4 is 0 Å². The lowest BCUT2D eigenvalue weighted by Crippen LogP contribution is -2.25. The molecule has 0 amide bonds. The van der Waals surface area contributed by atoms with Gasteiger partial charge in [-0.2, -0.15) is 0 Å². The van der Waals surface area contributed by atoms with E-state index in [0.29, 0.717) is 5.82 Å². The van der Waals surface area contributed by atoms with Gasteiger partial charge in [-0.05, 0) is 74.2 Å². The predicted molar refractivity (Wildman–Crippen MR) is 207 cm³/mol. The first-order valence-corrected chi connectivity index (χ1v) is 17.1. The molecule has 50 heavy (non-hydrogen) atoms. The van der Waals surface area contributed by atoms with Crippen LogP contribution in [0, 0.1) is 0 Å². The quantitative estimate of drug-likeness (QED) is 0.187. The zero-order valence-electron chi connectivity index (χ0n) is 27.8. The summed E-state index contributed by atoms with van der Waals surface area (Å²) >= 11 is 0. The molecule has 0 radical (unpaired) electrons. The Labute approximate surface area is 293 Å². The predicted octanol–water partition coefficient (Wildman–Crippen LogP) is 11.8. The summed E-state index contributed by atoms with van der Waals surface area (Å²) in [5.74, 6) is 0.708. The van der Waals surface area contributed by atoms with E-state index < -0.39 is 5.41 Å². The molecule has 0 bridgehead atoms. The highest BCUT2D eigenvalue weighted by atomic mass is 14.9. The lowest BCUT2D eigenvalue weighted by atomic mass is 9.71. The van der Waals surface area contributed by atoms with Crippen LogP contribution in [-0.4, -0.2) is 9.97 Å². The molecule has 0 aliphatic heterocycles. The highest BCUT2D eigenvalue weighted by molar-refractivity contribution is 6.00. The second-order valence-electron chi connectivity index (χ2n) is 13.1. The van der Waals surface area contributed by atoms with Gasteiger partial charge in [0.05, 0.1) is 16.8 Å². The fraction of sp³-hybridized carbons (Fsp3) is 0.0417. The third kappa shape index (κ3) is 4.64. The Balaban J connectivity index is 1.15. The van der Waals surface area contributed by atoms with E-state index in [2.05, 4.69) is 159 Å². The molecule has 2 heteroatoms. The number of hydrogen-bond acceptors (Lipinski definition) is 2. The van der Waals surface area contributed by atoms with Gasteiger partial charge in [0.25, 0.3) is 0 Å². The molecule has 0 atom stereocenters. The van der Waals surface area contributed by atoms with Crippen molar-refractivity contribution in [3.05, 3.63) is 216 Å². The highest BCUT2D eigenvalue weighted by Crippen LogP contribution is 2.63. The maximum absolute atomic E-state index is 5.10. The summed E-state index contributed by atoms with van der Waals surface area (Å²) in [6.07, 6.45) is 4.44. The molecular weight excluding hydrogens is 605 g/mol. The van der Waals surface area contributed by atoms with Crippen molar-refractivity contribution in [2.24, 2.45) is 0 Å². The molecule has 1 heterocycles. The van der Waals surface area contributed by atoms with Gasteiger partial charge in [-0.15, -0.1) is 0 Å². The standard InChI is InChI=1S/C48H34N2/c1-32(45-31-46(50-47(49-45)37-17-7-4-8-18-37)36-28-26-35(27-29-36)34-15-5-3-6-16-34)25-30-38-33(2)48(42-22-12-9-19-39(38)42)43-23-13-10-20-40(43)41-21-11-14-24-44(41)48/h3-31H,2H2,1H3/b32-25+,38-30+. The maximum atomic E-state index is 5.10. The largest absolute Gasteiger partial charge is 0.228 e. The summed E-state index contributed by atoms with van der Waals surface area (Å²) in [6, 6.07) is 57.9. The van der Waals surface area contributed by atoms with E-state index in [1.54, 1.807) is 0 Å². The Morgan fingerprint density at radius 2 is 1.00 bits per heavy atom. The van der Waals surface area contributed by atoms with Crippen LogP contribution in [0.2, 0.25) is 0 Å². The molecule has 2 nitrogen and oxygen atoms in total. The van der Waals surface area contributed by atoms with Crippen LogP contribution in [0.3, 0.4) is 0 Å². The van der Waals surface area contributed by atoms with Crippen molar-refractivity contribution >= 4 is 11.1 Å². The summed E-state index contributed by atoms with van der Waals surface area (Å²) in [7, 11) is 0. The summed E-state index contributed by atoms with van der Waals surface area (Å²) in [6.45, 7) is 6.98. The van der Waals surface area contributed by atoms with Crippen molar-refractivity contribution in [2.45, 2.75) is 12.3 Å². The van der Waals surface area contributed by atoms with Crippen LogP contribution in [-0.2, 0) is 5.41 Å². The summed E-state index contributed by atoms with van der Waals surface area (Å²) in [5, 5.41) is 0. The summed E-state index contributed by atoms with van der Waals surface area (Å²) < 4.78 is 0. The highest BCUT2D eigenvalue weighted by Gasteiger charge is 2.52. The van der Waals surface area contributed by atoms with Gasteiger partial charge in [0.2, 0.25) is 0 Å². The molecule has 9 rings (SSSR count). The minimum atomic E-state index is -0.425. The zero-order valence-corrected chi connectivity index (χ0v) is 27.8. The van der Waals surface area contributed by atoms with Crippen molar-refractivity contribution in [3.63, 3.8) is 0 Å². The van der Waals surface area contributed by atoms with E-state index in [0.717, 1.165) is 39.2 Å². The van der Waals surface area contributed by atoms with E-state index in [-0.39, 0.29) is 0 Å². The zero-order chi connectivity index (χ0) is 33.7. The number of fused-ring (bicyclic) bond motifs is 7. The van der Waals surface area contributed by atoms with Crippen molar-refractivity contribution in [1.29, 1.82) is 0 Å². The van der Waals surface area contributed by atoms with Crippen LogP contribution in [0.15, 0.2) is 188 Å². The number of rotatable bonds is 5. The van der Waals surface area contributed by atoms with E-state index in [1.807, 2.05) is 24.3 Å². The Hall–Kier alpha value is -6.38. The van der Waals surface area contributed by atoms with Gasteiger partial charge in [0.1, 0.15) is 0 Å². The summed E-state index contributed by atoms with van der Waals surface area (Å²) in [5.41, 5.74) is 16.8. The van der Waals surface area contributed by atoms with Crippen molar-refractivity contribution < 1.29 is 0 Å². The minimum absolute atomic E-state index is 0.425. The first-order valence-electron chi connectivity index (χ1n) is 17.1. The maximum Gasteiger partial charge on any atom is 0.160 e. The van der Waals surface area contributed by atoms with E-state index in [1.165, 1.54) is 44.5 Å². The normalized spacial score (nSPS) is 14.9. The number of allylic oxidation sites excluding steroid dienone is 5. The Bertz CT molecular complexity index is 2440. The molecule has 0 unspecified atom stereocenters. The number of hydrogen-bond donors (Lipinski definition) is 0. The fourth-order valence-corrected chi connectivity index (χ4v) is 7.88. The van der Waals surface area contributed by atoms with Crippen molar-refractivity contribution in [3.8, 4) is 44.9 Å². The van der Waals surface area contributed by atoms with Gasteiger partial charge in [0.15, 0.2) is 5.82 Å². The number of benzene rings is 6. The van der Waals surface area contributed by atoms with Crippen LogP contribution in [0.25, 0.3) is 56.0 Å². The molecular formula is C48H34N2. The molecule has 236 valence electrons. The second-order valence-corrected chi connectivity index (χ2v) is 13.1. The first-order chi connectivity index (χ1) is 24.6. The Morgan fingerprint density at radius 1 is 0.520 bits per heavy atom. The van der Waals surface area contributed by atoms with Crippen LogP contribution in [0.5, 0.6) is 0 Å². The van der Waals surface area contributed by atoms with Gasteiger partial charge in [-0.25, -0.2) is 9.97 Å². The average Bonchev–Trinajstić information content (AvgIpc) is 3.63. The SMILES string of the molecule is C=C1/C(=C\C=C(/C)c2cc(-c3ccc(-c4ccccc4)cc3)nc(-c3ccccc3)n2)c2ccccc2C12c1ccccc1-c1ccccc12. The third-order valence-corrected chi connectivity index (χ3v) is 10.3. The number of nitrogens with zero attached hydrogens (tertiary/aromatic N) is 2. The van der Waals surface area contributed by atoms with E-state index in [9.17, 15) is 0 Å². The molecule has 0 saturated heterocycles. The second kappa shape index (κ2) is 11.9. The molecule has 6 aromatic carbocycles. The molecule has 0 fully saturated rings. The molecule has 2 aliphatic rings. The molecule has 1 aromatic heterocycles. The minimum Gasteiger partial charge on any atom is -0.228 e. The lowest BCUT2D eigenvalue weighted by molar-refractivity contribution is 0.797. The molecule has 1 spiro atoms. The topological polar surface area (TPSA) is 25.8 Å². The van der Waals surface area contributed by atoms with E-state index in [4.69, 9.17) is 16.5 Å². The van der Waals surface area contributed by atoms with Crippen LogP contribution in [0.1, 0.15) is 34.9 Å². The van der Waals surface area contributed by atoms with Gasteiger partial charge >= 0.3 is 0 Å². The van der Waals surface area contributed by atoms with Crippen LogP contribution >= 0.6 is 0 Å². The Morgan fingerprint density at radius 3 is 1.62 bits per heavy atom. The molecule has 7 aromatic rings. The number of aromatic nitrogens is 2. The lowest BCUT2D eigenvalue weighted by Gasteiger charge is -2.30. The third-order valence-electron chi connectivity index (χ3n) is 10.3. The first kappa shape index (κ1) is 29.7. The van der Waals surface area contributed by atoms with Gasteiger partial charge in [0, 0.05) is 11.1 Å². The van der Waals surface area contributed by atoms with Crippen LogP contribution in [0.4, 0.5) is 0 Å². The monoisotopic (exact) mass is 638 g/mol. The summed E-state index contributed by atoms with van der Waals surface area (Å²) in [4.78, 5) is 10.2. The molecule has 0 N–H and O–H groups in total. The van der Waals surface area contributed by atoms with Gasteiger partial charge in [-0.1, -0.05) is 176 Å². The Kier molecular flexibility index (Phi) is 7.10. The smallest absolute Gasteiger partial charge is 0.160 e. The average molecular weight is 639 g/mol. The van der Waals surface area contributed by atoms with E-state index >= 15 is 0 Å².